The van der Waals surface area contributed by atoms with E-state index >= 15 is 0 Å². The van der Waals surface area contributed by atoms with E-state index in [-0.39, 0.29) is 0 Å². The standard InChI is InChI=1S/C11H12N4S2/c1-12-10-13-6-4-9-7(5-8(6)16-10)14-11(17-9)15(2)3/h4-5H,1-3H3,(H,12,13). The lowest BCUT2D eigenvalue weighted by atomic mass is 10.3. The molecule has 0 saturated heterocycles. The van der Waals surface area contributed by atoms with Crippen LogP contribution in [0.15, 0.2) is 12.1 Å². The SMILES string of the molecule is CNc1nc2cc3sc(N(C)C)nc3cc2s1. The lowest BCUT2D eigenvalue weighted by Gasteiger charge is -2.04. The molecule has 0 amide bonds. The Hall–Kier alpha value is -1.40. The average molecular weight is 264 g/mol. The number of anilines is 2. The van der Waals surface area contributed by atoms with E-state index in [2.05, 4.69) is 27.4 Å². The second-order valence-electron chi connectivity index (χ2n) is 3.95. The third kappa shape index (κ3) is 1.73. The van der Waals surface area contributed by atoms with Crippen LogP contribution in [0, 0.1) is 0 Å². The third-order valence-electron chi connectivity index (χ3n) is 2.48. The van der Waals surface area contributed by atoms with Gasteiger partial charge in [0.25, 0.3) is 0 Å². The van der Waals surface area contributed by atoms with Crippen molar-refractivity contribution in [2.45, 2.75) is 0 Å². The van der Waals surface area contributed by atoms with Gasteiger partial charge in [0, 0.05) is 21.1 Å². The first-order chi connectivity index (χ1) is 8.17. The summed E-state index contributed by atoms with van der Waals surface area (Å²) in [6, 6.07) is 4.24. The molecule has 0 unspecified atom stereocenters. The minimum absolute atomic E-state index is 0.950. The van der Waals surface area contributed by atoms with E-state index in [0.29, 0.717) is 0 Å². The van der Waals surface area contributed by atoms with Crippen LogP contribution in [0.1, 0.15) is 0 Å². The van der Waals surface area contributed by atoms with E-state index in [0.717, 1.165) is 21.3 Å². The molecule has 0 bridgehead atoms. The fourth-order valence-electron chi connectivity index (χ4n) is 1.64. The molecular formula is C11H12N4S2. The summed E-state index contributed by atoms with van der Waals surface area (Å²) in [6.07, 6.45) is 0. The van der Waals surface area contributed by atoms with Crippen molar-refractivity contribution in [1.29, 1.82) is 0 Å². The Morgan fingerprint density at radius 3 is 2.35 bits per heavy atom. The van der Waals surface area contributed by atoms with Crippen LogP contribution in [0.2, 0.25) is 0 Å². The molecule has 1 aromatic carbocycles. The first-order valence-electron chi connectivity index (χ1n) is 5.23. The minimum Gasteiger partial charge on any atom is -0.365 e. The Bertz CT molecular complexity index is 632. The van der Waals surface area contributed by atoms with Gasteiger partial charge in [0.1, 0.15) is 0 Å². The molecule has 0 radical (unpaired) electrons. The average Bonchev–Trinajstić information content (AvgIpc) is 2.87. The molecule has 0 spiro atoms. The van der Waals surface area contributed by atoms with Gasteiger partial charge in [0.05, 0.1) is 20.4 Å². The number of benzene rings is 1. The molecule has 4 nitrogen and oxygen atoms in total. The van der Waals surface area contributed by atoms with E-state index in [1.807, 2.05) is 26.0 Å². The molecule has 0 atom stereocenters. The van der Waals surface area contributed by atoms with Crippen molar-refractivity contribution in [2.24, 2.45) is 0 Å². The highest BCUT2D eigenvalue weighted by molar-refractivity contribution is 7.23. The van der Waals surface area contributed by atoms with Crippen molar-refractivity contribution >= 4 is 53.4 Å². The van der Waals surface area contributed by atoms with Crippen LogP contribution in [-0.4, -0.2) is 31.1 Å². The normalized spacial score (nSPS) is 11.2. The van der Waals surface area contributed by atoms with Gasteiger partial charge in [-0.25, -0.2) is 9.97 Å². The summed E-state index contributed by atoms with van der Waals surface area (Å²) in [4.78, 5) is 11.1. The highest BCUT2D eigenvalue weighted by Gasteiger charge is 2.09. The lowest BCUT2D eigenvalue weighted by molar-refractivity contribution is 1.11. The summed E-state index contributed by atoms with van der Waals surface area (Å²) in [5.41, 5.74) is 2.10. The minimum atomic E-state index is 0.950. The summed E-state index contributed by atoms with van der Waals surface area (Å²) >= 11 is 3.35. The lowest BCUT2D eigenvalue weighted by Crippen LogP contribution is -2.07. The molecule has 0 aliphatic heterocycles. The largest absolute Gasteiger partial charge is 0.365 e. The maximum absolute atomic E-state index is 4.60. The fraction of sp³-hybridized carbons (Fsp3) is 0.273. The van der Waals surface area contributed by atoms with Crippen LogP contribution >= 0.6 is 22.7 Å². The van der Waals surface area contributed by atoms with Crippen LogP contribution in [0.5, 0.6) is 0 Å². The Labute approximate surface area is 107 Å². The van der Waals surface area contributed by atoms with Crippen LogP contribution < -0.4 is 10.2 Å². The first-order valence-corrected chi connectivity index (χ1v) is 6.87. The summed E-state index contributed by atoms with van der Waals surface area (Å²) < 4.78 is 2.37. The monoisotopic (exact) mass is 264 g/mol. The van der Waals surface area contributed by atoms with Gasteiger partial charge in [0.2, 0.25) is 0 Å². The number of hydrogen-bond donors (Lipinski definition) is 1. The molecule has 3 aromatic rings. The maximum Gasteiger partial charge on any atom is 0.185 e. The number of nitrogens with one attached hydrogen (secondary N) is 1. The van der Waals surface area contributed by atoms with E-state index in [1.54, 1.807) is 22.7 Å². The topological polar surface area (TPSA) is 41.1 Å². The van der Waals surface area contributed by atoms with E-state index < -0.39 is 0 Å². The van der Waals surface area contributed by atoms with Gasteiger partial charge < -0.3 is 10.2 Å². The van der Waals surface area contributed by atoms with Crippen molar-refractivity contribution in [3.63, 3.8) is 0 Å². The molecule has 88 valence electrons. The number of fused-ring (bicyclic) bond motifs is 2. The van der Waals surface area contributed by atoms with Crippen LogP contribution in [0.25, 0.3) is 20.4 Å². The van der Waals surface area contributed by atoms with Gasteiger partial charge >= 0.3 is 0 Å². The van der Waals surface area contributed by atoms with Crippen molar-refractivity contribution in [2.75, 3.05) is 31.4 Å². The molecule has 6 heteroatoms. The number of nitrogens with zero attached hydrogens (tertiary/aromatic N) is 3. The Balaban J connectivity index is 2.24. The number of hydrogen-bond acceptors (Lipinski definition) is 6. The molecule has 2 heterocycles. The zero-order chi connectivity index (χ0) is 12.0. The molecular weight excluding hydrogens is 252 g/mol. The van der Waals surface area contributed by atoms with Gasteiger partial charge in [0.15, 0.2) is 10.3 Å². The predicted octanol–water partition coefficient (Wildman–Crippen LogP) is 3.01. The van der Waals surface area contributed by atoms with Gasteiger partial charge in [-0.3, -0.25) is 0 Å². The number of rotatable bonds is 2. The van der Waals surface area contributed by atoms with E-state index in [9.17, 15) is 0 Å². The molecule has 0 saturated carbocycles. The van der Waals surface area contributed by atoms with E-state index in [4.69, 9.17) is 0 Å². The molecule has 2 aromatic heterocycles. The second kappa shape index (κ2) is 3.82. The zero-order valence-corrected chi connectivity index (χ0v) is 11.4. The Kier molecular flexibility index (Phi) is 2.41. The van der Waals surface area contributed by atoms with E-state index in [1.165, 1.54) is 9.40 Å². The zero-order valence-electron chi connectivity index (χ0n) is 9.81. The highest BCUT2D eigenvalue weighted by Crippen LogP contribution is 2.34. The summed E-state index contributed by atoms with van der Waals surface area (Å²) in [6.45, 7) is 0. The first kappa shape index (κ1) is 10.7. The molecule has 0 fully saturated rings. The van der Waals surface area contributed by atoms with Crippen molar-refractivity contribution in [3.8, 4) is 0 Å². The molecule has 0 aliphatic carbocycles. The van der Waals surface area contributed by atoms with Gasteiger partial charge in [-0.15, -0.1) is 0 Å². The summed E-state index contributed by atoms with van der Waals surface area (Å²) in [7, 11) is 5.91. The van der Waals surface area contributed by atoms with Crippen LogP contribution in [-0.2, 0) is 0 Å². The summed E-state index contributed by atoms with van der Waals surface area (Å²) in [5, 5.41) is 5.06. The third-order valence-corrected chi connectivity index (χ3v) is 4.70. The Morgan fingerprint density at radius 2 is 1.71 bits per heavy atom. The number of aromatic nitrogens is 2. The second-order valence-corrected chi connectivity index (χ2v) is 5.99. The van der Waals surface area contributed by atoms with Gasteiger partial charge in [-0.2, -0.15) is 0 Å². The van der Waals surface area contributed by atoms with Gasteiger partial charge in [-0.05, 0) is 12.1 Å². The van der Waals surface area contributed by atoms with Crippen molar-refractivity contribution in [3.05, 3.63) is 12.1 Å². The summed E-state index contributed by atoms with van der Waals surface area (Å²) in [5.74, 6) is 0. The van der Waals surface area contributed by atoms with Crippen molar-refractivity contribution < 1.29 is 0 Å². The maximum atomic E-state index is 4.60. The van der Waals surface area contributed by atoms with Gasteiger partial charge in [-0.1, -0.05) is 22.7 Å². The van der Waals surface area contributed by atoms with Crippen LogP contribution in [0.3, 0.4) is 0 Å². The molecule has 17 heavy (non-hydrogen) atoms. The molecule has 0 aliphatic rings. The fourth-order valence-corrected chi connectivity index (χ4v) is 3.37. The van der Waals surface area contributed by atoms with Crippen LogP contribution in [0.4, 0.5) is 10.3 Å². The molecule has 3 rings (SSSR count). The van der Waals surface area contributed by atoms with Crippen molar-refractivity contribution in [1.82, 2.24) is 9.97 Å². The number of thiazole rings is 2. The smallest absolute Gasteiger partial charge is 0.185 e. The highest BCUT2D eigenvalue weighted by atomic mass is 32.1. The molecule has 1 N–H and O–H groups in total. The predicted molar refractivity (Wildman–Crippen MR) is 76.7 cm³/mol. The Morgan fingerprint density at radius 1 is 1.06 bits per heavy atom. The quantitative estimate of drug-likeness (QED) is 0.772.